The van der Waals surface area contributed by atoms with Gasteiger partial charge >= 0.3 is 11.9 Å². The van der Waals surface area contributed by atoms with Gasteiger partial charge in [-0.15, -0.1) is 0 Å². The minimum atomic E-state index is -1.79. The van der Waals surface area contributed by atoms with Crippen LogP contribution in [-0.2, 0) is 19.1 Å². The van der Waals surface area contributed by atoms with Gasteiger partial charge in [0.1, 0.15) is 12.7 Å². The summed E-state index contributed by atoms with van der Waals surface area (Å²) in [6.45, 7) is 6.40. The molecule has 130 valence electrons. The predicted molar refractivity (Wildman–Crippen MR) is 87.0 cm³/mol. The van der Waals surface area contributed by atoms with Gasteiger partial charge in [-0.2, -0.15) is 0 Å². The molecular formula is C18H23NO5. The van der Waals surface area contributed by atoms with E-state index in [1.54, 1.807) is 19.9 Å². The number of hydrogen-bond donors (Lipinski definition) is 1. The number of aliphatic hydroxyl groups is 1. The molecular weight excluding hydrogens is 310 g/mol. The van der Waals surface area contributed by atoms with Crippen molar-refractivity contribution in [2.75, 3.05) is 19.7 Å². The summed E-state index contributed by atoms with van der Waals surface area (Å²) in [4.78, 5) is 27.0. The van der Waals surface area contributed by atoms with Gasteiger partial charge in [0.2, 0.25) is 0 Å². The van der Waals surface area contributed by atoms with E-state index in [0.717, 1.165) is 25.1 Å². The molecule has 1 saturated heterocycles. The van der Waals surface area contributed by atoms with E-state index in [0.29, 0.717) is 11.1 Å². The monoisotopic (exact) mass is 333 g/mol. The average Bonchev–Trinajstić information content (AvgIpc) is 3.12. The maximum absolute atomic E-state index is 12.5. The van der Waals surface area contributed by atoms with Crippen molar-refractivity contribution < 1.29 is 24.2 Å². The lowest BCUT2D eigenvalue weighted by Gasteiger charge is -2.27. The molecule has 6 heteroatoms. The van der Waals surface area contributed by atoms with Crippen molar-refractivity contribution in [1.29, 1.82) is 0 Å². The quantitative estimate of drug-likeness (QED) is 0.407. The minimum absolute atomic E-state index is 0.0469. The fraction of sp³-hybridized carbons (Fsp3) is 0.556. The Morgan fingerprint density at radius 1 is 1.42 bits per heavy atom. The van der Waals surface area contributed by atoms with Gasteiger partial charge in [0.05, 0.1) is 11.6 Å². The third-order valence-corrected chi connectivity index (χ3v) is 5.13. The zero-order valence-electron chi connectivity index (χ0n) is 14.2. The largest absolute Gasteiger partial charge is 0.459 e. The normalized spacial score (nSPS) is 38.4. The molecule has 0 radical (unpaired) electrons. The molecule has 0 spiro atoms. The Hall–Kier alpha value is -1.92. The summed E-state index contributed by atoms with van der Waals surface area (Å²) in [6.07, 6.45) is 5.64. The van der Waals surface area contributed by atoms with Gasteiger partial charge in [0, 0.05) is 13.1 Å². The zero-order valence-corrected chi connectivity index (χ0v) is 14.2. The number of allylic oxidation sites excluding steroid dienone is 1. The number of rotatable bonds is 0. The van der Waals surface area contributed by atoms with Crippen molar-refractivity contribution in [3.63, 3.8) is 0 Å². The molecule has 3 heterocycles. The van der Waals surface area contributed by atoms with Crippen molar-refractivity contribution in [1.82, 2.24) is 4.90 Å². The van der Waals surface area contributed by atoms with Gasteiger partial charge < -0.3 is 14.6 Å². The summed E-state index contributed by atoms with van der Waals surface area (Å²) < 4.78 is 11.1. The molecule has 3 atom stereocenters. The molecule has 0 amide bonds. The van der Waals surface area contributed by atoms with Crippen LogP contribution >= 0.6 is 0 Å². The van der Waals surface area contributed by atoms with E-state index in [4.69, 9.17) is 9.47 Å². The number of hydrogen-bond acceptors (Lipinski definition) is 6. The second kappa shape index (κ2) is 6.18. The van der Waals surface area contributed by atoms with Gasteiger partial charge in [-0.3, -0.25) is 4.90 Å². The van der Waals surface area contributed by atoms with Crippen LogP contribution in [0.25, 0.3) is 0 Å². The summed E-state index contributed by atoms with van der Waals surface area (Å²) >= 11 is 0. The van der Waals surface area contributed by atoms with Gasteiger partial charge in [0.25, 0.3) is 0 Å². The molecule has 0 unspecified atom stereocenters. The number of nitrogens with zero attached hydrogens (tertiary/aromatic N) is 1. The second-order valence-electron chi connectivity index (χ2n) is 6.67. The van der Waals surface area contributed by atoms with Crippen LogP contribution in [0.4, 0.5) is 0 Å². The van der Waals surface area contributed by atoms with Gasteiger partial charge in [0.15, 0.2) is 5.60 Å². The summed E-state index contributed by atoms with van der Waals surface area (Å²) in [5.41, 5.74) is -0.202. The van der Waals surface area contributed by atoms with Crippen molar-refractivity contribution in [2.45, 2.75) is 44.9 Å². The summed E-state index contributed by atoms with van der Waals surface area (Å²) in [5.74, 6) is -1.14. The Labute approximate surface area is 141 Å². The van der Waals surface area contributed by atoms with Crippen LogP contribution in [0.3, 0.4) is 0 Å². The smallest absolute Gasteiger partial charge is 0.342 e. The highest BCUT2D eigenvalue weighted by molar-refractivity contribution is 5.93. The Balaban J connectivity index is 1.98. The van der Waals surface area contributed by atoms with Crippen LogP contribution in [0.2, 0.25) is 0 Å². The Kier molecular flexibility index (Phi) is 4.36. The van der Waals surface area contributed by atoms with Crippen LogP contribution < -0.4 is 0 Å². The molecule has 0 aromatic carbocycles. The molecule has 0 aromatic heterocycles. The predicted octanol–water partition coefficient (Wildman–Crippen LogP) is 1.11. The summed E-state index contributed by atoms with van der Waals surface area (Å²) in [5, 5.41) is 10.5. The average molecular weight is 333 g/mol. The number of carbonyl (C=O) groups excluding carboxylic acids is 2. The molecule has 24 heavy (non-hydrogen) atoms. The SMILES string of the molecule is C/C=C1\C=C(\C)[C@](C)(O)C(=O)OCC2=CCN3CC[C@H](OC1=O)[C@@H]23. The third-order valence-electron chi connectivity index (χ3n) is 5.13. The molecule has 6 nitrogen and oxygen atoms in total. The number of esters is 2. The molecule has 0 bridgehead atoms. The van der Waals surface area contributed by atoms with Gasteiger partial charge in [-0.1, -0.05) is 12.2 Å². The second-order valence-corrected chi connectivity index (χ2v) is 6.67. The summed E-state index contributed by atoms with van der Waals surface area (Å²) in [6, 6.07) is -0.0469. The van der Waals surface area contributed by atoms with E-state index >= 15 is 0 Å². The van der Waals surface area contributed by atoms with Crippen LogP contribution in [0.1, 0.15) is 27.2 Å². The van der Waals surface area contributed by atoms with E-state index in [9.17, 15) is 14.7 Å². The van der Waals surface area contributed by atoms with Crippen LogP contribution in [0, 0.1) is 0 Å². The molecule has 1 N–H and O–H groups in total. The molecule has 0 aromatic rings. The third kappa shape index (κ3) is 2.80. The fourth-order valence-electron chi connectivity index (χ4n) is 3.42. The van der Waals surface area contributed by atoms with Crippen molar-refractivity contribution >= 4 is 11.9 Å². The maximum Gasteiger partial charge on any atom is 0.342 e. The van der Waals surface area contributed by atoms with Crippen LogP contribution in [0.15, 0.2) is 34.9 Å². The van der Waals surface area contributed by atoms with E-state index in [2.05, 4.69) is 4.90 Å². The van der Waals surface area contributed by atoms with Crippen molar-refractivity contribution in [3.05, 3.63) is 34.9 Å². The first-order chi connectivity index (χ1) is 11.3. The Morgan fingerprint density at radius 3 is 2.88 bits per heavy atom. The Bertz CT molecular complexity index is 658. The highest BCUT2D eigenvalue weighted by atomic mass is 16.6. The lowest BCUT2D eigenvalue weighted by molar-refractivity contribution is -0.159. The van der Waals surface area contributed by atoms with E-state index in [-0.39, 0.29) is 18.8 Å². The van der Waals surface area contributed by atoms with Crippen molar-refractivity contribution in [2.24, 2.45) is 0 Å². The van der Waals surface area contributed by atoms with Crippen LogP contribution in [-0.4, -0.2) is 59.4 Å². The van der Waals surface area contributed by atoms with Gasteiger partial charge in [-0.25, -0.2) is 9.59 Å². The van der Waals surface area contributed by atoms with Crippen LogP contribution in [0.5, 0.6) is 0 Å². The van der Waals surface area contributed by atoms with E-state index in [1.165, 1.54) is 13.0 Å². The fourth-order valence-corrected chi connectivity index (χ4v) is 3.42. The number of cyclic esters (lactones) is 1. The first-order valence-electron chi connectivity index (χ1n) is 8.23. The highest BCUT2D eigenvalue weighted by Gasteiger charge is 2.43. The molecule has 0 aliphatic carbocycles. The van der Waals surface area contributed by atoms with E-state index < -0.39 is 17.5 Å². The molecule has 3 aliphatic rings. The molecule has 1 fully saturated rings. The van der Waals surface area contributed by atoms with Gasteiger partial charge in [-0.05, 0) is 44.4 Å². The molecule has 0 saturated carbocycles. The Morgan fingerprint density at radius 2 is 2.17 bits per heavy atom. The molecule has 3 rings (SSSR count). The number of carbonyl (C=O) groups is 2. The molecule has 3 aliphatic heterocycles. The standard InChI is InChI=1S/C18H23NO5/c1-4-12-9-11(2)18(3,22)17(21)23-10-13-5-7-19-8-6-14(15(13)19)24-16(12)20/h4-5,9,14-15,22H,6-8,10H2,1-3H3/b11-9-,12-4+/t14-,15+,18-/m0/s1. The highest BCUT2D eigenvalue weighted by Crippen LogP contribution is 2.33. The summed E-state index contributed by atoms with van der Waals surface area (Å²) in [7, 11) is 0. The van der Waals surface area contributed by atoms with Crippen molar-refractivity contribution in [3.8, 4) is 0 Å². The lowest BCUT2D eigenvalue weighted by Crippen LogP contribution is -2.41. The topological polar surface area (TPSA) is 76.1 Å². The van der Waals surface area contributed by atoms with E-state index in [1.807, 2.05) is 6.08 Å². The first-order valence-corrected chi connectivity index (χ1v) is 8.23. The minimum Gasteiger partial charge on any atom is -0.459 e. The first kappa shape index (κ1) is 16.9. The number of ether oxygens (including phenoxy) is 2. The maximum atomic E-state index is 12.5. The zero-order chi connectivity index (χ0) is 17.5. The lowest BCUT2D eigenvalue weighted by atomic mass is 9.94.